The van der Waals surface area contributed by atoms with E-state index >= 15 is 0 Å². The summed E-state index contributed by atoms with van der Waals surface area (Å²) in [5.74, 6) is -1.16. The van der Waals surface area contributed by atoms with Crippen molar-refractivity contribution in [3.63, 3.8) is 0 Å². The fourth-order valence-corrected chi connectivity index (χ4v) is 4.17. The number of anilines is 2. The van der Waals surface area contributed by atoms with Gasteiger partial charge in [0.25, 0.3) is 5.91 Å². The SMILES string of the molecule is CC=CN(CC)CCOc1c(N)ncnc1-c1cc(F)cc(NC(=O)c2ccc(C3CC3)cc2F)c1C. The molecule has 0 spiro atoms. The first kappa shape index (κ1) is 26.1. The van der Waals surface area contributed by atoms with Crippen molar-refractivity contribution in [3.05, 3.63) is 77.3 Å². The Kier molecular flexibility index (Phi) is 8.01. The van der Waals surface area contributed by atoms with E-state index in [2.05, 4.69) is 20.2 Å². The van der Waals surface area contributed by atoms with E-state index in [0.29, 0.717) is 35.9 Å². The molecule has 1 aromatic heterocycles. The van der Waals surface area contributed by atoms with Crippen LogP contribution in [0.15, 0.2) is 48.9 Å². The maximum absolute atomic E-state index is 14.7. The summed E-state index contributed by atoms with van der Waals surface area (Å²) in [5.41, 5.74) is 8.28. The molecule has 1 fully saturated rings. The summed E-state index contributed by atoms with van der Waals surface area (Å²) in [5, 5.41) is 2.65. The van der Waals surface area contributed by atoms with Crippen LogP contribution < -0.4 is 15.8 Å². The Labute approximate surface area is 215 Å². The van der Waals surface area contributed by atoms with Gasteiger partial charge in [0, 0.05) is 17.8 Å². The minimum absolute atomic E-state index is 0.105. The third kappa shape index (κ3) is 6.04. The molecule has 194 valence electrons. The van der Waals surface area contributed by atoms with Gasteiger partial charge in [0.2, 0.25) is 0 Å². The lowest BCUT2D eigenvalue weighted by Crippen LogP contribution is -2.23. The first-order valence-corrected chi connectivity index (χ1v) is 12.3. The van der Waals surface area contributed by atoms with Gasteiger partial charge in [-0.15, -0.1) is 0 Å². The van der Waals surface area contributed by atoms with Crippen LogP contribution in [-0.4, -0.2) is 40.5 Å². The number of benzene rings is 2. The van der Waals surface area contributed by atoms with Crippen LogP contribution in [0.5, 0.6) is 5.75 Å². The molecular weight excluding hydrogens is 476 g/mol. The molecule has 0 aliphatic heterocycles. The van der Waals surface area contributed by atoms with Gasteiger partial charge >= 0.3 is 0 Å². The number of hydrogen-bond acceptors (Lipinski definition) is 6. The first-order valence-electron chi connectivity index (χ1n) is 12.3. The largest absolute Gasteiger partial charge is 0.486 e. The highest BCUT2D eigenvalue weighted by molar-refractivity contribution is 6.05. The van der Waals surface area contributed by atoms with Crippen molar-refractivity contribution in [2.75, 3.05) is 30.7 Å². The highest BCUT2D eigenvalue weighted by Crippen LogP contribution is 2.40. The minimum Gasteiger partial charge on any atom is -0.486 e. The Morgan fingerprint density at radius 3 is 2.70 bits per heavy atom. The predicted octanol–water partition coefficient (Wildman–Crippen LogP) is 5.68. The third-order valence-corrected chi connectivity index (χ3v) is 6.38. The zero-order valence-electron chi connectivity index (χ0n) is 21.2. The number of amides is 1. The number of hydrogen-bond donors (Lipinski definition) is 2. The summed E-state index contributed by atoms with van der Waals surface area (Å²) in [6.45, 7) is 7.39. The van der Waals surface area contributed by atoms with E-state index in [1.54, 1.807) is 13.0 Å². The van der Waals surface area contributed by atoms with Gasteiger partial charge in [-0.3, -0.25) is 4.79 Å². The van der Waals surface area contributed by atoms with Crippen molar-refractivity contribution in [3.8, 4) is 17.0 Å². The quantitative estimate of drug-likeness (QED) is 0.367. The van der Waals surface area contributed by atoms with Crippen molar-refractivity contribution in [2.45, 2.75) is 39.5 Å². The fraction of sp³-hybridized carbons (Fsp3) is 0.321. The molecule has 9 heteroatoms. The molecule has 0 atom stereocenters. The topological polar surface area (TPSA) is 93.4 Å². The Bertz CT molecular complexity index is 1320. The van der Waals surface area contributed by atoms with Crippen molar-refractivity contribution in [1.82, 2.24) is 14.9 Å². The lowest BCUT2D eigenvalue weighted by atomic mass is 10.0. The maximum Gasteiger partial charge on any atom is 0.258 e. The number of allylic oxidation sites excluding steroid dienone is 1. The molecule has 0 saturated heterocycles. The molecule has 0 bridgehead atoms. The van der Waals surface area contributed by atoms with Crippen LogP contribution in [0.3, 0.4) is 0 Å². The summed E-state index contributed by atoms with van der Waals surface area (Å²) in [4.78, 5) is 23.3. The molecule has 1 heterocycles. The summed E-state index contributed by atoms with van der Waals surface area (Å²) < 4.78 is 35.4. The summed E-state index contributed by atoms with van der Waals surface area (Å²) >= 11 is 0. The number of carbonyl (C=O) groups is 1. The molecule has 3 N–H and O–H groups in total. The molecular formula is C28H31F2N5O2. The van der Waals surface area contributed by atoms with Crippen molar-refractivity contribution in [1.29, 1.82) is 0 Å². The number of aromatic nitrogens is 2. The van der Waals surface area contributed by atoms with E-state index in [-0.39, 0.29) is 22.8 Å². The van der Waals surface area contributed by atoms with Gasteiger partial charge in [0.15, 0.2) is 11.6 Å². The monoisotopic (exact) mass is 507 g/mol. The lowest BCUT2D eigenvalue weighted by molar-refractivity contribution is 0.102. The smallest absolute Gasteiger partial charge is 0.258 e. The number of likely N-dealkylation sites (N-methyl/N-ethyl adjacent to an activating group) is 1. The fourth-order valence-electron chi connectivity index (χ4n) is 4.17. The minimum atomic E-state index is -0.665. The Morgan fingerprint density at radius 1 is 1.24 bits per heavy atom. The lowest BCUT2D eigenvalue weighted by Gasteiger charge is -2.20. The Hall–Kier alpha value is -4.01. The highest BCUT2D eigenvalue weighted by atomic mass is 19.1. The van der Waals surface area contributed by atoms with Gasteiger partial charge in [-0.25, -0.2) is 18.7 Å². The van der Waals surface area contributed by atoms with Crippen LogP contribution in [0.4, 0.5) is 20.3 Å². The van der Waals surface area contributed by atoms with E-state index in [1.807, 2.05) is 26.1 Å². The van der Waals surface area contributed by atoms with E-state index < -0.39 is 17.5 Å². The molecule has 1 amide bonds. The number of ether oxygens (including phenoxy) is 1. The molecule has 7 nitrogen and oxygen atoms in total. The number of nitrogens with one attached hydrogen (secondary N) is 1. The highest BCUT2D eigenvalue weighted by Gasteiger charge is 2.25. The van der Waals surface area contributed by atoms with Crippen LogP contribution in [-0.2, 0) is 0 Å². The molecule has 0 radical (unpaired) electrons. The number of nitrogen functional groups attached to an aromatic ring is 1. The number of halogens is 2. The van der Waals surface area contributed by atoms with Gasteiger partial charge in [-0.05, 0) is 81.1 Å². The molecule has 37 heavy (non-hydrogen) atoms. The van der Waals surface area contributed by atoms with Gasteiger partial charge in [-0.2, -0.15) is 0 Å². The van der Waals surface area contributed by atoms with Crippen molar-refractivity contribution >= 4 is 17.4 Å². The molecule has 3 aromatic rings. The van der Waals surface area contributed by atoms with Gasteiger partial charge in [0.05, 0.1) is 12.1 Å². The second kappa shape index (κ2) is 11.4. The van der Waals surface area contributed by atoms with Crippen LogP contribution in [0.25, 0.3) is 11.3 Å². The van der Waals surface area contributed by atoms with Crippen LogP contribution in [0.2, 0.25) is 0 Å². The third-order valence-electron chi connectivity index (χ3n) is 6.38. The van der Waals surface area contributed by atoms with Crippen molar-refractivity contribution < 1.29 is 18.3 Å². The van der Waals surface area contributed by atoms with Crippen LogP contribution in [0.1, 0.15) is 54.1 Å². The number of carbonyl (C=O) groups excluding carboxylic acids is 1. The maximum atomic E-state index is 14.7. The van der Waals surface area contributed by atoms with Gasteiger partial charge in [-0.1, -0.05) is 12.1 Å². The zero-order chi connectivity index (χ0) is 26.5. The van der Waals surface area contributed by atoms with E-state index in [4.69, 9.17) is 10.5 Å². The second-order valence-electron chi connectivity index (χ2n) is 8.99. The molecule has 1 saturated carbocycles. The number of nitrogens with zero attached hydrogens (tertiary/aromatic N) is 3. The standard InChI is InChI=1S/C28H31F2N5O2/c1-4-10-35(5-2)11-12-37-26-25(32-16-33-27(26)31)22-14-20(29)15-24(17(22)3)34-28(36)21-9-8-19(13-23(21)30)18-6-7-18/h4,8-10,13-16,18H,5-7,11-12H2,1-3H3,(H,34,36)(H2,31,32,33). The first-order chi connectivity index (χ1) is 17.8. The number of nitrogens with two attached hydrogens (primary N) is 1. The van der Waals surface area contributed by atoms with E-state index in [9.17, 15) is 13.6 Å². The summed E-state index contributed by atoms with van der Waals surface area (Å²) in [6.07, 6.45) is 7.23. The predicted molar refractivity (Wildman–Crippen MR) is 140 cm³/mol. The van der Waals surface area contributed by atoms with E-state index in [1.165, 1.54) is 30.6 Å². The second-order valence-corrected chi connectivity index (χ2v) is 8.99. The van der Waals surface area contributed by atoms with Crippen molar-refractivity contribution in [2.24, 2.45) is 0 Å². The van der Waals surface area contributed by atoms with E-state index in [0.717, 1.165) is 24.9 Å². The van der Waals surface area contributed by atoms with Crippen LogP contribution >= 0.6 is 0 Å². The summed E-state index contributed by atoms with van der Waals surface area (Å²) in [7, 11) is 0. The Balaban J connectivity index is 1.60. The summed E-state index contributed by atoms with van der Waals surface area (Å²) in [6, 6.07) is 7.12. The van der Waals surface area contributed by atoms with Crippen LogP contribution in [0, 0.1) is 18.6 Å². The molecule has 0 unspecified atom stereocenters. The van der Waals surface area contributed by atoms with Gasteiger partial charge < -0.3 is 20.7 Å². The molecule has 2 aromatic carbocycles. The van der Waals surface area contributed by atoms with Gasteiger partial charge in [0.1, 0.15) is 30.3 Å². The zero-order valence-corrected chi connectivity index (χ0v) is 21.2. The normalized spacial score (nSPS) is 13.1. The average molecular weight is 508 g/mol. The average Bonchev–Trinajstić information content (AvgIpc) is 3.72. The molecule has 1 aliphatic carbocycles. The number of rotatable bonds is 10. The molecule has 1 aliphatic rings. The molecule has 4 rings (SSSR count). The Morgan fingerprint density at radius 2 is 2.03 bits per heavy atom.